The summed E-state index contributed by atoms with van der Waals surface area (Å²) in [5, 5.41) is 0. The van der Waals surface area contributed by atoms with Gasteiger partial charge in [0.05, 0.1) is 24.4 Å². The van der Waals surface area contributed by atoms with Crippen molar-refractivity contribution in [3.05, 3.63) is 0 Å². The number of hydrogen-bond acceptors (Lipinski definition) is 6. The van der Waals surface area contributed by atoms with Crippen LogP contribution in [0.25, 0.3) is 0 Å². The lowest BCUT2D eigenvalue weighted by molar-refractivity contribution is -0.0110. The second-order valence-electron chi connectivity index (χ2n) is 13.4. The third-order valence-corrected chi connectivity index (χ3v) is 6.31. The van der Waals surface area contributed by atoms with Gasteiger partial charge in [0.2, 0.25) is 0 Å². The van der Waals surface area contributed by atoms with E-state index in [1.165, 1.54) is 65.0 Å². The molecule has 0 unspecified atom stereocenters. The van der Waals surface area contributed by atoms with Gasteiger partial charge in [-0.2, -0.15) is 0 Å². The number of hydrogen-bond donors (Lipinski definition) is 0. The highest BCUT2D eigenvalue weighted by Gasteiger charge is 2.18. The molecule has 244 valence electrons. The molecule has 6 heteroatoms. The fraction of sp³-hybridized carbons (Fsp3) is 1.00. The molecule has 0 radical (unpaired) electrons. The van der Waals surface area contributed by atoms with Crippen molar-refractivity contribution in [2.75, 3.05) is 86.7 Å². The molecule has 6 nitrogen and oxygen atoms in total. The first-order valence-corrected chi connectivity index (χ1v) is 14.1. The van der Waals surface area contributed by atoms with Crippen LogP contribution in [-0.4, -0.2) is 123 Å². The molecule has 0 amide bonds. The molecule has 0 atom stereocenters. The lowest BCUT2D eigenvalue weighted by Gasteiger charge is -2.33. The molecule has 2 saturated heterocycles. The summed E-state index contributed by atoms with van der Waals surface area (Å²) in [6.07, 6.45) is 5.55. The van der Waals surface area contributed by atoms with E-state index in [0.717, 1.165) is 26.3 Å². The first-order chi connectivity index (χ1) is 16.0. The fourth-order valence-corrected chi connectivity index (χ4v) is 3.65. The average Bonchev–Trinajstić information content (AvgIpc) is 3.38. The van der Waals surface area contributed by atoms with Gasteiger partial charge in [-0.15, -0.1) is 0 Å². The average molecular weight is 565 g/mol. The van der Waals surface area contributed by atoms with Crippen LogP contribution in [0.2, 0.25) is 0 Å². The van der Waals surface area contributed by atoms with Gasteiger partial charge in [-0.1, -0.05) is 29.7 Å². The molecule has 0 N–H and O–H groups in total. The molecule has 0 aliphatic carbocycles. The van der Waals surface area contributed by atoms with Crippen LogP contribution in [0.3, 0.4) is 0 Å². The van der Waals surface area contributed by atoms with Crippen LogP contribution in [-0.2, 0) is 9.47 Å². The van der Waals surface area contributed by atoms with E-state index in [0.29, 0.717) is 5.54 Å². The fourth-order valence-electron chi connectivity index (χ4n) is 3.65. The van der Waals surface area contributed by atoms with Crippen LogP contribution in [0.5, 0.6) is 0 Å². The molecule has 0 bridgehead atoms. The highest BCUT2D eigenvalue weighted by molar-refractivity contribution is 4.75. The van der Waals surface area contributed by atoms with Gasteiger partial charge < -0.3 is 29.1 Å². The van der Waals surface area contributed by atoms with E-state index in [9.17, 15) is 0 Å². The number of rotatable bonds is 9. The number of likely N-dealkylation sites (N-methyl/N-ethyl adjacent to an activating group) is 2. The molecule has 2 aliphatic heterocycles. The standard InChI is InChI=1S/C11H24N2.C10H21NO.C8H19NO.4CH4/c1-11(2,3)12(4)9-10-13-7-5-6-8-13;1-10(2,3)12-9-8-11-6-4-5-7-11;1-8(2,3)10-7-6-9(4)5;;;;/h5-10H2,1-4H3;4-9H2,1-3H3;6-7H2,1-5H3;4*1H4. The zero-order valence-electron chi connectivity index (χ0n) is 26.0. The zero-order valence-corrected chi connectivity index (χ0v) is 26.0. The van der Waals surface area contributed by atoms with Crippen molar-refractivity contribution in [2.45, 2.75) is 134 Å². The lowest BCUT2D eigenvalue weighted by Crippen LogP contribution is -2.42. The van der Waals surface area contributed by atoms with Crippen molar-refractivity contribution in [3.63, 3.8) is 0 Å². The monoisotopic (exact) mass is 565 g/mol. The van der Waals surface area contributed by atoms with E-state index in [1.807, 2.05) is 14.1 Å². The van der Waals surface area contributed by atoms with Crippen molar-refractivity contribution in [1.82, 2.24) is 19.6 Å². The Bertz CT molecular complexity index is 495. The zero-order chi connectivity index (χ0) is 27.1. The molecular formula is C33H80N4O2. The van der Waals surface area contributed by atoms with Crippen LogP contribution in [0, 0.1) is 0 Å². The van der Waals surface area contributed by atoms with Crippen molar-refractivity contribution in [2.24, 2.45) is 0 Å². The van der Waals surface area contributed by atoms with Crippen LogP contribution in [0.4, 0.5) is 0 Å². The van der Waals surface area contributed by atoms with E-state index >= 15 is 0 Å². The predicted molar refractivity (Wildman–Crippen MR) is 181 cm³/mol. The Labute approximate surface area is 250 Å². The Balaban J connectivity index is -0.000000142. The third kappa shape index (κ3) is 32.1. The number of ether oxygens (including phenoxy) is 2. The van der Waals surface area contributed by atoms with Crippen molar-refractivity contribution in [3.8, 4) is 0 Å². The lowest BCUT2D eigenvalue weighted by atomic mass is 10.1. The molecule has 0 aromatic carbocycles. The summed E-state index contributed by atoms with van der Waals surface area (Å²) in [6, 6.07) is 0. The molecule has 0 saturated carbocycles. The van der Waals surface area contributed by atoms with Gasteiger partial charge in [-0.25, -0.2) is 0 Å². The summed E-state index contributed by atoms with van der Waals surface area (Å²) >= 11 is 0. The summed E-state index contributed by atoms with van der Waals surface area (Å²) in [6.45, 7) is 30.8. The minimum Gasteiger partial charge on any atom is -0.375 e. The largest absolute Gasteiger partial charge is 0.375 e. The molecule has 2 heterocycles. The van der Waals surface area contributed by atoms with Gasteiger partial charge in [-0.05, 0) is 135 Å². The minimum atomic E-state index is 0. The van der Waals surface area contributed by atoms with E-state index in [4.69, 9.17) is 9.47 Å². The molecular weight excluding hydrogens is 484 g/mol. The SMILES string of the molecule is C.C.C.C.CC(C)(C)OCCN1CCCC1.CN(C)CCOC(C)(C)C.CN(CCN1CCCC1)C(C)(C)C. The predicted octanol–water partition coefficient (Wildman–Crippen LogP) is 7.62. The molecule has 2 fully saturated rings. The molecule has 0 spiro atoms. The van der Waals surface area contributed by atoms with E-state index in [1.54, 1.807) is 0 Å². The summed E-state index contributed by atoms with van der Waals surface area (Å²) in [4.78, 5) is 9.60. The van der Waals surface area contributed by atoms with Gasteiger partial charge in [0.25, 0.3) is 0 Å². The first-order valence-electron chi connectivity index (χ1n) is 14.1. The third-order valence-electron chi connectivity index (χ3n) is 6.31. The normalized spacial score (nSPS) is 16.2. The van der Waals surface area contributed by atoms with Crippen LogP contribution in [0.15, 0.2) is 0 Å². The number of likely N-dealkylation sites (tertiary alicyclic amines) is 2. The summed E-state index contributed by atoms with van der Waals surface area (Å²) in [5.41, 5.74) is 0.357. The first kappa shape index (κ1) is 48.5. The number of nitrogens with zero attached hydrogens (tertiary/aromatic N) is 4. The molecule has 0 aromatic rings. The van der Waals surface area contributed by atoms with Crippen LogP contribution < -0.4 is 0 Å². The Morgan fingerprint density at radius 3 is 1.23 bits per heavy atom. The Hall–Kier alpha value is -0.240. The van der Waals surface area contributed by atoms with Gasteiger partial charge in [0.15, 0.2) is 0 Å². The second-order valence-corrected chi connectivity index (χ2v) is 13.4. The quantitative estimate of drug-likeness (QED) is 0.286. The molecule has 2 rings (SSSR count). The Kier molecular flexibility index (Phi) is 30.3. The summed E-state index contributed by atoms with van der Waals surface area (Å²) < 4.78 is 11.1. The van der Waals surface area contributed by atoms with Crippen LogP contribution in [0.1, 0.15) is 118 Å². The Morgan fingerprint density at radius 2 is 0.897 bits per heavy atom. The van der Waals surface area contributed by atoms with Gasteiger partial charge in [0, 0.05) is 31.7 Å². The highest BCUT2D eigenvalue weighted by Crippen LogP contribution is 2.12. The van der Waals surface area contributed by atoms with Gasteiger partial charge >= 0.3 is 0 Å². The molecule has 0 aromatic heterocycles. The summed E-state index contributed by atoms with van der Waals surface area (Å²) in [5.74, 6) is 0. The molecule has 2 aliphatic rings. The minimum absolute atomic E-state index is 0. The smallest absolute Gasteiger partial charge is 0.0600 e. The van der Waals surface area contributed by atoms with E-state index in [2.05, 4.69) is 89.0 Å². The topological polar surface area (TPSA) is 31.4 Å². The van der Waals surface area contributed by atoms with Crippen LogP contribution >= 0.6 is 0 Å². The Morgan fingerprint density at radius 1 is 0.538 bits per heavy atom. The van der Waals surface area contributed by atoms with Gasteiger partial charge in [0.1, 0.15) is 0 Å². The maximum atomic E-state index is 5.65. The van der Waals surface area contributed by atoms with Crippen molar-refractivity contribution < 1.29 is 9.47 Å². The summed E-state index contributed by atoms with van der Waals surface area (Å²) in [7, 11) is 6.31. The maximum Gasteiger partial charge on any atom is 0.0600 e. The second kappa shape index (κ2) is 24.4. The van der Waals surface area contributed by atoms with Crippen molar-refractivity contribution >= 4 is 0 Å². The van der Waals surface area contributed by atoms with E-state index < -0.39 is 0 Å². The maximum absolute atomic E-state index is 5.65. The molecule has 39 heavy (non-hydrogen) atoms. The van der Waals surface area contributed by atoms with E-state index in [-0.39, 0.29) is 40.9 Å². The van der Waals surface area contributed by atoms with Crippen molar-refractivity contribution in [1.29, 1.82) is 0 Å². The highest BCUT2D eigenvalue weighted by atomic mass is 16.5. The van der Waals surface area contributed by atoms with Gasteiger partial charge in [-0.3, -0.25) is 0 Å².